The zero-order valence-corrected chi connectivity index (χ0v) is 22.2. The Morgan fingerprint density at radius 2 is 1.55 bits per heavy atom. The third-order valence-corrected chi connectivity index (χ3v) is 4.69. The number of benzene rings is 1. The van der Waals surface area contributed by atoms with Gasteiger partial charge in [0.15, 0.2) is 12.1 Å². The first-order valence-corrected chi connectivity index (χ1v) is 11.6. The Morgan fingerprint density at radius 3 is 2.05 bits per heavy atom. The zero-order chi connectivity index (χ0) is 28.4. The maximum atomic E-state index is 13.1. The molecule has 2 aromatic heterocycles. The second-order valence-corrected chi connectivity index (χ2v) is 10.3. The fourth-order valence-corrected chi connectivity index (χ4v) is 3.20. The summed E-state index contributed by atoms with van der Waals surface area (Å²) in [5, 5.41) is 14.6. The number of aromatic nitrogens is 2. The van der Waals surface area contributed by atoms with Gasteiger partial charge >= 0.3 is 18.2 Å². The van der Waals surface area contributed by atoms with Gasteiger partial charge in [-0.2, -0.15) is 4.90 Å². The van der Waals surface area contributed by atoms with E-state index in [9.17, 15) is 24.5 Å². The second-order valence-electron chi connectivity index (χ2n) is 9.94. The fraction of sp³-hybridized carbons (Fsp3) is 0.375. The lowest BCUT2D eigenvalue weighted by atomic mass is 10.2. The van der Waals surface area contributed by atoms with Crippen molar-refractivity contribution in [3.63, 3.8) is 0 Å². The molecule has 0 N–H and O–H groups in total. The molecule has 0 radical (unpaired) electrons. The van der Waals surface area contributed by atoms with E-state index >= 15 is 0 Å². The van der Waals surface area contributed by atoms with Crippen molar-refractivity contribution >= 4 is 52.2 Å². The predicted molar refractivity (Wildman–Crippen MR) is 134 cm³/mol. The number of nitro benzene ring substituents is 1. The minimum Gasteiger partial charge on any atom is -0.454 e. The molecule has 0 bridgehead atoms. The summed E-state index contributed by atoms with van der Waals surface area (Å²) in [6.07, 6.45) is -2.10. The van der Waals surface area contributed by atoms with Crippen LogP contribution in [0.3, 0.4) is 0 Å². The van der Waals surface area contributed by atoms with Crippen molar-refractivity contribution in [1.29, 1.82) is 0 Å². The van der Waals surface area contributed by atoms with Gasteiger partial charge in [-0.25, -0.2) is 19.4 Å². The topological polar surface area (TPSA) is 164 Å². The number of fused-ring (bicyclic) bond motifs is 1. The van der Waals surface area contributed by atoms with Crippen LogP contribution in [0.25, 0.3) is 11.0 Å². The standard InChI is InChI=1S/C24H25ClN4O9/c1-23(2,3)36-21(31)28(22(32)37-24(4,5)6)15-11-17(25)26-19-16(38-27-18(15)19)12-35-20(30)13-7-9-14(10-8-13)29(33)34/h7-11H,12H2,1-6H3. The molecule has 38 heavy (non-hydrogen) atoms. The number of nitrogens with zero attached hydrogens (tertiary/aromatic N) is 4. The van der Waals surface area contributed by atoms with E-state index in [1.165, 1.54) is 18.2 Å². The Bertz CT molecular complexity index is 1360. The molecule has 202 valence electrons. The number of pyridine rings is 1. The van der Waals surface area contributed by atoms with Crippen molar-refractivity contribution in [1.82, 2.24) is 10.1 Å². The number of hydrogen-bond donors (Lipinski definition) is 0. The summed E-state index contributed by atoms with van der Waals surface area (Å²) in [6.45, 7) is 9.31. The first kappa shape index (κ1) is 28.3. The monoisotopic (exact) mass is 548 g/mol. The molecule has 2 heterocycles. The fourth-order valence-electron chi connectivity index (χ4n) is 3.01. The largest absolute Gasteiger partial charge is 0.454 e. The normalized spacial score (nSPS) is 11.7. The highest BCUT2D eigenvalue weighted by atomic mass is 35.5. The van der Waals surface area contributed by atoms with Gasteiger partial charge in [-0.05, 0) is 53.7 Å². The number of rotatable bonds is 5. The lowest BCUT2D eigenvalue weighted by Crippen LogP contribution is -2.44. The number of hydrogen-bond acceptors (Lipinski definition) is 11. The van der Waals surface area contributed by atoms with E-state index in [4.69, 9.17) is 30.3 Å². The summed E-state index contributed by atoms with van der Waals surface area (Å²) >= 11 is 6.20. The van der Waals surface area contributed by atoms with Gasteiger partial charge in [0, 0.05) is 18.2 Å². The van der Waals surface area contributed by atoms with Crippen LogP contribution < -0.4 is 4.90 Å². The van der Waals surface area contributed by atoms with Gasteiger partial charge in [-0.15, -0.1) is 0 Å². The number of imide groups is 1. The van der Waals surface area contributed by atoms with Crippen LogP contribution >= 0.6 is 11.6 Å². The second kappa shape index (κ2) is 10.6. The quantitative estimate of drug-likeness (QED) is 0.124. The van der Waals surface area contributed by atoms with Crippen molar-refractivity contribution in [3.05, 3.63) is 56.9 Å². The number of amides is 2. The molecule has 14 heteroatoms. The van der Waals surface area contributed by atoms with Gasteiger partial charge < -0.3 is 18.7 Å². The third kappa shape index (κ3) is 6.94. The lowest BCUT2D eigenvalue weighted by molar-refractivity contribution is -0.384. The van der Waals surface area contributed by atoms with Crippen molar-refractivity contribution in [2.75, 3.05) is 4.90 Å². The molecular formula is C24H25ClN4O9. The molecule has 0 fully saturated rings. The van der Waals surface area contributed by atoms with E-state index < -0.39 is 40.9 Å². The molecule has 3 aromatic rings. The molecule has 2 amide bonds. The highest BCUT2D eigenvalue weighted by molar-refractivity contribution is 6.30. The molecule has 0 aliphatic rings. The van der Waals surface area contributed by atoms with Crippen LogP contribution in [-0.4, -0.2) is 44.4 Å². The highest BCUT2D eigenvalue weighted by Crippen LogP contribution is 2.32. The average Bonchev–Trinajstić information content (AvgIpc) is 3.17. The molecule has 0 saturated carbocycles. The number of esters is 1. The smallest absolute Gasteiger partial charge is 0.424 e. The number of ether oxygens (including phenoxy) is 3. The molecule has 0 unspecified atom stereocenters. The first-order chi connectivity index (χ1) is 17.6. The maximum Gasteiger partial charge on any atom is 0.424 e. The summed E-state index contributed by atoms with van der Waals surface area (Å²) < 4.78 is 21.3. The average molecular weight is 549 g/mol. The van der Waals surface area contributed by atoms with Crippen LogP contribution in [0.15, 0.2) is 34.9 Å². The SMILES string of the molecule is CC(C)(C)OC(=O)N(C(=O)OC(C)(C)C)c1cc(Cl)nc2c(COC(=O)c3ccc([N+](=O)[O-])cc3)onc12. The Labute approximate surface area is 221 Å². The number of nitro groups is 1. The van der Waals surface area contributed by atoms with Crippen LogP contribution in [0.5, 0.6) is 0 Å². The van der Waals surface area contributed by atoms with Crippen LogP contribution in [0.1, 0.15) is 57.7 Å². The van der Waals surface area contributed by atoms with Crippen molar-refractivity contribution in [2.45, 2.75) is 59.4 Å². The maximum absolute atomic E-state index is 13.1. The van der Waals surface area contributed by atoms with E-state index in [1.54, 1.807) is 41.5 Å². The Kier molecular flexibility index (Phi) is 7.91. The van der Waals surface area contributed by atoms with Gasteiger partial charge in [-0.1, -0.05) is 16.8 Å². The summed E-state index contributed by atoms with van der Waals surface area (Å²) in [4.78, 5) is 53.5. The van der Waals surface area contributed by atoms with Crippen molar-refractivity contribution in [2.24, 2.45) is 0 Å². The van der Waals surface area contributed by atoms with Crippen molar-refractivity contribution in [3.8, 4) is 0 Å². The van der Waals surface area contributed by atoms with Gasteiger partial charge in [0.25, 0.3) is 5.69 Å². The molecule has 0 atom stereocenters. The van der Waals surface area contributed by atoms with Crippen LogP contribution in [-0.2, 0) is 20.8 Å². The number of carbonyl (C=O) groups excluding carboxylic acids is 3. The molecule has 1 aromatic carbocycles. The van der Waals surface area contributed by atoms with E-state index in [0.717, 1.165) is 12.1 Å². The summed E-state index contributed by atoms with van der Waals surface area (Å²) in [5.74, 6) is -0.830. The summed E-state index contributed by atoms with van der Waals surface area (Å²) in [5.41, 5.74) is -2.18. The van der Waals surface area contributed by atoms with E-state index in [0.29, 0.717) is 4.90 Å². The number of halogens is 1. The van der Waals surface area contributed by atoms with Crippen LogP contribution in [0.4, 0.5) is 21.0 Å². The summed E-state index contributed by atoms with van der Waals surface area (Å²) in [6, 6.07) is 6.02. The van der Waals surface area contributed by atoms with Gasteiger partial charge in [-0.3, -0.25) is 10.1 Å². The Balaban J connectivity index is 1.95. The molecular weight excluding hydrogens is 524 g/mol. The Hall–Kier alpha value is -4.26. The van der Waals surface area contributed by atoms with E-state index in [-0.39, 0.29) is 38.9 Å². The van der Waals surface area contributed by atoms with E-state index in [2.05, 4.69) is 10.1 Å². The number of non-ortho nitro benzene ring substituents is 1. The Morgan fingerprint density at radius 1 is 1.00 bits per heavy atom. The van der Waals surface area contributed by atoms with E-state index in [1.807, 2.05) is 0 Å². The van der Waals surface area contributed by atoms with Crippen LogP contribution in [0.2, 0.25) is 5.15 Å². The van der Waals surface area contributed by atoms with Gasteiger partial charge in [0.2, 0.25) is 5.76 Å². The number of anilines is 1. The predicted octanol–water partition coefficient (Wildman–Crippen LogP) is 5.82. The van der Waals surface area contributed by atoms with Crippen molar-refractivity contribution < 1.29 is 38.0 Å². The van der Waals surface area contributed by atoms with Crippen LogP contribution in [0, 0.1) is 10.1 Å². The molecule has 3 rings (SSSR count). The number of carbonyl (C=O) groups is 3. The zero-order valence-electron chi connectivity index (χ0n) is 21.4. The molecule has 0 saturated heterocycles. The minimum atomic E-state index is -1.05. The first-order valence-electron chi connectivity index (χ1n) is 11.2. The minimum absolute atomic E-state index is 0.0149. The highest BCUT2D eigenvalue weighted by Gasteiger charge is 2.35. The third-order valence-electron chi connectivity index (χ3n) is 4.49. The molecule has 0 aliphatic heterocycles. The molecule has 0 spiro atoms. The lowest BCUT2D eigenvalue weighted by Gasteiger charge is -2.28. The van der Waals surface area contributed by atoms with Gasteiger partial charge in [0.1, 0.15) is 21.9 Å². The molecule has 13 nitrogen and oxygen atoms in total. The van der Waals surface area contributed by atoms with Gasteiger partial charge in [0.05, 0.1) is 16.2 Å². The molecule has 0 aliphatic carbocycles. The summed E-state index contributed by atoms with van der Waals surface area (Å²) in [7, 11) is 0.